The van der Waals surface area contributed by atoms with Gasteiger partial charge in [-0.1, -0.05) is 36.4 Å². The van der Waals surface area contributed by atoms with E-state index < -0.39 is 5.97 Å². The molecule has 4 rings (SSSR count). The molecule has 4 aromatic rings. The van der Waals surface area contributed by atoms with Gasteiger partial charge in [0.05, 0.1) is 17.5 Å². The minimum Gasteiger partial charge on any atom is -0.478 e. The molecule has 0 aliphatic rings. The number of benzene rings is 2. The number of carboxylic acids is 1. The van der Waals surface area contributed by atoms with Gasteiger partial charge in [-0.15, -0.1) is 0 Å². The molecule has 134 valence electrons. The Morgan fingerprint density at radius 1 is 1.04 bits per heavy atom. The predicted molar refractivity (Wildman–Crippen MR) is 104 cm³/mol. The number of hydrogen-bond donors (Lipinski definition) is 3. The first-order valence-corrected chi connectivity index (χ1v) is 8.66. The maximum atomic E-state index is 11.2. The van der Waals surface area contributed by atoms with Gasteiger partial charge >= 0.3 is 5.97 Å². The number of nitrogens with one attached hydrogen (secondary N) is 2. The monoisotopic (exact) mass is 358 g/mol. The van der Waals surface area contributed by atoms with E-state index in [0.29, 0.717) is 18.4 Å². The highest BCUT2D eigenvalue weighted by Gasteiger charge is 2.09. The van der Waals surface area contributed by atoms with Gasteiger partial charge in [-0.3, -0.25) is 5.10 Å². The van der Waals surface area contributed by atoms with Gasteiger partial charge in [0.1, 0.15) is 11.6 Å². The number of rotatable bonds is 6. The maximum absolute atomic E-state index is 11.2. The van der Waals surface area contributed by atoms with Crippen molar-refractivity contribution in [1.29, 1.82) is 0 Å². The summed E-state index contributed by atoms with van der Waals surface area (Å²) in [4.78, 5) is 15.9. The van der Waals surface area contributed by atoms with Gasteiger partial charge in [-0.2, -0.15) is 5.10 Å². The van der Waals surface area contributed by atoms with E-state index in [1.54, 1.807) is 24.4 Å². The molecule has 0 saturated carbocycles. The Hall–Kier alpha value is -3.67. The smallest absolute Gasteiger partial charge is 0.335 e. The zero-order chi connectivity index (χ0) is 18.6. The van der Waals surface area contributed by atoms with Crippen molar-refractivity contribution < 1.29 is 9.90 Å². The fourth-order valence-electron chi connectivity index (χ4n) is 3.11. The van der Waals surface area contributed by atoms with E-state index in [9.17, 15) is 4.79 Å². The van der Waals surface area contributed by atoms with Crippen LogP contribution in [0.4, 0.5) is 11.6 Å². The Labute approximate surface area is 155 Å². The largest absolute Gasteiger partial charge is 0.478 e. The predicted octanol–water partition coefficient (Wildman–Crippen LogP) is 4.18. The maximum Gasteiger partial charge on any atom is 0.335 e. The van der Waals surface area contributed by atoms with Crippen LogP contribution in [0, 0.1) is 0 Å². The van der Waals surface area contributed by atoms with Crippen molar-refractivity contribution >= 4 is 28.4 Å². The van der Waals surface area contributed by atoms with Crippen molar-refractivity contribution in [2.75, 3.05) is 5.32 Å². The Morgan fingerprint density at radius 2 is 1.93 bits per heavy atom. The highest BCUT2D eigenvalue weighted by molar-refractivity contribution is 5.88. The first-order chi connectivity index (χ1) is 13.2. The molecule has 6 nitrogen and oxygen atoms in total. The van der Waals surface area contributed by atoms with Crippen molar-refractivity contribution in [2.24, 2.45) is 0 Å². The van der Waals surface area contributed by atoms with Gasteiger partial charge in [0.2, 0.25) is 0 Å². The third kappa shape index (κ3) is 3.79. The zero-order valence-electron chi connectivity index (χ0n) is 14.5. The average molecular weight is 358 g/mol. The first kappa shape index (κ1) is 16.8. The van der Waals surface area contributed by atoms with Gasteiger partial charge in [0.15, 0.2) is 0 Å². The van der Waals surface area contributed by atoms with E-state index in [1.165, 1.54) is 0 Å². The molecule has 0 fully saturated rings. The SMILES string of the molecule is O=C(O)c1cccc(CCc2nc(Nc3ccn[nH]3)cc3ccccc23)c1. The summed E-state index contributed by atoms with van der Waals surface area (Å²) in [6.45, 7) is 0. The molecule has 0 spiro atoms. The molecule has 0 aliphatic heterocycles. The summed E-state index contributed by atoms with van der Waals surface area (Å²) in [5.41, 5.74) is 2.25. The molecule has 2 aromatic carbocycles. The lowest BCUT2D eigenvalue weighted by Crippen LogP contribution is -2.02. The summed E-state index contributed by atoms with van der Waals surface area (Å²) in [6.07, 6.45) is 3.10. The van der Waals surface area contributed by atoms with Gasteiger partial charge < -0.3 is 10.4 Å². The van der Waals surface area contributed by atoms with Crippen LogP contribution in [-0.4, -0.2) is 26.3 Å². The highest BCUT2D eigenvalue weighted by atomic mass is 16.4. The zero-order valence-corrected chi connectivity index (χ0v) is 14.5. The molecule has 3 N–H and O–H groups in total. The summed E-state index contributed by atoms with van der Waals surface area (Å²) < 4.78 is 0. The van der Waals surface area contributed by atoms with Crippen molar-refractivity contribution in [2.45, 2.75) is 12.8 Å². The number of hydrogen-bond acceptors (Lipinski definition) is 4. The van der Waals surface area contributed by atoms with E-state index in [1.807, 2.05) is 30.3 Å². The molecule has 0 amide bonds. The molecule has 2 aromatic heterocycles. The van der Waals surface area contributed by atoms with Crippen LogP contribution in [0.2, 0.25) is 0 Å². The summed E-state index contributed by atoms with van der Waals surface area (Å²) in [6, 6.07) is 19.0. The van der Waals surface area contributed by atoms with Gasteiger partial charge in [0, 0.05) is 11.5 Å². The molecule has 0 bridgehead atoms. The third-order valence-corrected chi connectivity index (χ3v) is 4.41. The van der Waals surface area contributed by atoms with Crippen LogP contribution < -0.4 is 5.32 Å². The number of aromatic nitrogens is 3. The van der Waals surface area contributed by atoms with Crippen LogP contribution in [0.1, 0.15) is 21.6 Å². The van der Waals surface area contributed by atoms with Crippen LogP contribution in [0.3, 0.4) is 0 Å². The molecule has 27 heavy (non-hydrogen) atoms. The third-order valence-electron chi connectivity index (χ3n) is 4.41. The Bertz CT molecular complexity index is 1090. The van der Waals surface area contributed by atoms with Gasteiger partial charge in [-0.05, 0) is 42.0 Å². The number of carboxylic acid groups (broad SMARTS) is 1. The van der Waals surface area contributed by atoms with E-state index in [0.717, 1.165) is 33.7 Å². The molecule has 0 radical (unpaired) electrons. The number of pyridine rings is 1. The molecule has 0 saturated heterocycles. The molecule has 6 heteroatoms. The fraction of sp³-hybridized carbons (Fsp3) is 0.0952. The number of anilines is 2. The lowest BCUT2D eigenvalue weighted by Gasteiger charge is -2.11. The number of aryl methyl sites for hydroxylation is 2. The second kappa shape index (κ2) is 7.29. The lowest BCUT2D eigenvalue weighted by atomic mass is 10.0. The molecular formula is C21H18N4O2. The van der Waals surface area contributed by atoms with Crippen LogP contribution in [-0.2, 0) is 12.8 Å². The van der Waals surface area contributed by atoms with Gasteiger partial charge in [0.25, 0.3) is 0 Å². The van der Waals surface area contributed by atoms with Crippen LogP contribution in [0.25, 0.3) is 10.8 Å². The summed E-state index contributed by atoms with van der Waals surface area (Å²) >= 11 is 0. The quantitative estimate of drug-likeness (QED) is 0.481. The van der Waals surface area contributed by atoms with E-state index in [4.69, 9.17) is 10.1 Å². The lowest BCUT2D eigenvalue weighted by molar-refractivity contribution is 0.0696. The van der Waals surface area contributed by atoms with Crippen LogP contribution in [0.15, 0.2) is 66.9 Å². The average Bonchev–Trinajstić information content (AvgIpc) is 3.19. The number of aromatic amines is 1. The fourth-order valence-corrected chi connectivity index (χ4v) is 3.11. The molecule has 0 unspecified atom stereocenters. The molecule has 2 heterocycles. The van der Waals surface area contributed by atoms with E-state index >= 15 is 0 Å². The van der Waals surface area contributed by atoms with Gasteiger partial charge in [-0.25, -0.2) is 9.78 Å². The Kier molecular flexibility index (Phi) is 4.53. The minimum absolute atomic E-state index is 0.306. The second-order valence-electron chi connectivity index (χ2n) is 6.28. The first-order valence-electron chi connectivity index (χ1n) is 8.66. The van der Waals surface area contributed by atoms with E-state index in [-0.39, 0.29) is 0 Å². The Morgan fingerprint density at radius 3 is 2.74 bits per heavy atom. The summed E-state index contributed by atoms with van der Waals surface area (Å²) in [5, 5.41) is 21.4. The molecule has 0 atom stereocenters. The molecule has 0 aliphatic carbocycles. The topological polar surface area (TPSA) is 90.9 Å². The number of carbonyl (C=O) groups is 1. The van der Waals surface area contributed by atoms with Crippen molar-refractivity contribution in [3.05, 3.63) is 83.7 Å². The number of nitrogens with zero attached hydrogens (tertiary/aromatic N) is 2. The van der Waals surface area contributed by atoms with Crippen molar-refractivity contribution in [3.63, 3.8) is 0 Å². The summed E-state index contributed by atoms with van der Waals surface area (Å²) in [5.74, 6) is 0.608. The van der Waals surface area contributed by atoms with Crippen molar-refractivity contribution in [1.82, 2.24) is 15.2 Å². The van der Waals surface area contributed by atoms with E-state index in [2.05, 4.69) is 27.6 Å². The highest BCUT2D eigenvalue weighted by Crippen LogP contribution is 2.24. The number of aromatic carboxylic acids is 1. The summed E-state index contributed by atoms with van der Waals surface area (Å²) in [7, 11) is 0. The Balaban J connectivity index is 1.63. The standard InChI is InChI=1S/C21H18N4O2/c26-21(27)16-6-3-4-14(12-16)8-9-18-17-7-2-1-5-15(17)13-20(23-18)24-19-10-11-22-25-19/h1-7,10-13H,8-9H2,(H,26,27)(H2,22,23,24,25). The second-order valence-corrected chi connectivity index (χ2v) is 6.28. The van der Waals surface area contributed by atoms with Crippen molar-refractivity contribution in [3.8, 4) is 0 Å². The normalized spacial score (nSPS) is 10.8. The minimum atomic E-state index is -0.911. The van der Waals surface area contributed by atoms with Crippen LogP contribution >= 0.6 is 0 Å². The van der Waals surface area contributed by atoms with Crippen LogP contribution in [0.5, 0.6) is 0 Å². The number of H-pyrrole nitrogens is 1. The molecular weight excluding hydrogens is 340 g/mol. The number of fused-ring (bicyclic) bond motifs is 1.